The van der Waals surface area contributed by atoms with E-state index < -0.39 is 6.04 Å². The van der Waals surface area contributed by atoms with Gasteiger partial charge in [-0.25, -0.2) is 0 Å². The minimum atomic E-state index is -0.702. The highest BCUT2D eigenvalue weighted by Gasteiger charge is 2.28. The van der Waals surface area contributed by atoms with E-state index in [1.807, 2.05) is 36.4 Å². The maximum Gasteiger partial charge on any atom is 0.252 e. The van der Waals surface area contributed by atoms with Crippen LogP contribution in [-0.2, 0) is 0 Å². The Balaban J connectivity index is 1.30. The van der Waals surface area contributed by atoms with Crippen molar-refractivity contribution in [3.63, 3.8) is 0 Å². The van der Waals surface area contributed by atoms with Crippen LogP contribution in [0.1, 0.15) is 26.3 Å². The predicted octanol–water partition coefficient (Wildman–Crippen LogP) is 8.49. The fraction of sp³-hybridized carbons (Fsp3) is 0.0270. The van der Waals surface area contributed by atoms with Crippen LogP contribution in [0.25, 0.3) is 70.7 Å². The molecule has 186 valence electrons. The van der Waals surface area contributed by atoms with Gasteiger partial charge in [0.15, 0.2) is 5.78 Å². The second-order valence-corrected chi connectivity index (χ2v) is 10.8. The van der Waals surface area contributed by atoms with Crippen LogP contribution in [-0.4, -0.2) is 17.7 Å². The van der Waals surface area contributed by atoms with E-state index in [-0.39, 0.29) is 11.7 Å². The summed E-state index contributed by atoms with van der Waals surface area (Å²) in [5, 5.41) is 17.5. The van der Waals surface area contributed by atoms with Gasteiger partial charge in [-0.15, -0.1) is 0 Å². The molecule has 0 saturated heterocycles. The first-order chi connectivity index (χ1) is 19.7. The topological polar surface area (TPSA) is 46.2 Å². The third-order valence-electron chi connectivity index (χ3n) is 8.70. The van der Waals surface area contributed by atoms with Crippen LogP contribution < -0.4 is 5.32 Å². The zero-order chi connectivity index (χ0) is 26.5. The van der Waals surface area contributed by atoms with Crippen molar-refractivity contribution in [2.45, 2.75) is 6.04 Å². The van der Waals surface area contributed by atoms with E-state index in [4.69, 9.17) is 0 Å². The van der Waals surface area contributed by atoms with Crippen molar-refractivity contribution in [2.24, 2.45) is 0 Å². The average molecular weight is 512 g/mol. The molecule has 1 atom stereocenters. The summed E-state index contributed by atoms with van der Waals surface area (Å²) in [5.41, 5.74) is 2.11. The lowest BCUT2D eigenvalue weighted by Crippen LogP contribution is -2.40. The fourth-order valence-corrected chi connectivity index (χ4v) is 6.92. The predicted molar refractivity (Wildman–Crippen MR) is 165 cm³/mol. The number of Topliss-reactive ketones (excluding diaryl/α,β-unsaturated/α-hetero) is 1. The number of carbonyl (C=O) groups excluding carboxylic acids is 2. The summed E-state index contributed by atoms with van der Waals surface area (Å²) < 4.78 is 0. The molecule has 0 spiro atoms. The molecule has 1 aliphatic rings. The highest BCUT2D eigenvalue weighted by Crippen LogP contribution is 2.47. The van der Waals surface area contributed by atoms with Crippen LogP contribution in [0.2, 0.25) is 0 Å². The lowest BCUT2D eigenvalue weighted by Gasteiger charge is -2.24. The molecule has 0 radical (unpaired) electrons. The summed E-state index contributed by atoms with van der Waals surface area (Å²) in [6, 6.07) is 34.5. The first-order valence-corrected chi connectivity index (χ1v) is 13.6. The number of ketones is 1. The lowest BCUT2D eigenvalue weighted by atomic mass is 9.81. The van der Waals surface area contributed by atoms with Crippen molar-refractivity contribution in [3.05, 3.63) is 126 Å². The third-order valence-corrected chi connectivity index (χ3v) is 8.70. The van der Waals surface area contributed by atoms with Crippen molar-refractivity contribution in [1.82, 2.24) is 5.32 Å². The molecule has 8 aromatic carbocycles. The number of hydrogen-bond acceptors (Lipinski definition) is 2. The monoisotopic (exact) mass is 511 g/mol. The molecule has 0 saturated carbocycles. The number of hydrogen-bond donors (Lipinski definition) is 1. The van der Waals surface area contributed by atoms with Crippen molar-refractivity contribution in [1.29, 1.82) is 0 Å². The second-order valence-electron chi connectivity index (χ2n) is 10.8. The molecule has 0 bridgehead atoms. The van der Waals surface area contributed by atoms with Gasteiger partial charge in [-0.05, 0) is 107 Å². The van der Waals surface area contributed by atoms with Crippen LogP contribution in [0.15, 0.2) is 109 Å². The van der Waals surface area contributed by atoms with Crippen molar-refractivity contribution >= 4 is 82.4 Å². The van der Waals surface area contributed by atoms with Gasteiger partial charge in [-0.2, -0.15) is 0 Å². The van der Waals surface area contributed by atoms with Gasteiger partial charge in [0.1, 0.15) is 6.04 Å². The molecule has 1 N–H and O–H groups in total. The van der Waals surface area contributed by atoms with Crippen LogP contribution in [0.5, 0.6) is 0 Å². The second kappa shape index (κ2) is 7.64. The maximum absolute atomic E-state index is 13.7. The van der Waals surface area contributed by atoms with Crippen LogP contribution in [0.4, 0.5) is 0 Å². The molecule has 0 aromatic heterocycles. The Bertz CT molecular complexity index is 2380. The summed E-state index contributed by atoms with van der Waals surface area (Å²) in [6.45, 7) is 0. The summed E-state index contributed by atoms with van der Waals surface area (Å²) in [4.78, 5) is 26.6. The Labute approximate surface area is 229 Å². The summed E-state index contributed by atoms with van der Waals surface area (Å²) in [7, 11) is 0. The number of nitrogens with one attached hydrogen (secondary N) is 1. The minimum absolute atomic E-state index is 0.0873. The Morgan fingerprint density at radius 3 is 1.98 bits per heavy atom. The van der Waals surface area contributed by atoms with E-state index in [9.17, 15) is 9.59 Å². The van der Waals surface area contributed by atoms with Gasteiger partial charge in [0, 0.05) is 11.1 Å². The van der Waals surface area contributed by atoms with E-state index in [2.05, 4.69) is 72.0 Å². The molecule has 1 unspecified atom stereocenters. The Hall–Kier alpha value is -5.28. The highest BCUT2D eigenvalue weighted by molar-refractivity contribution is 6.39. The van der Waals surface area contributed by atoms with Crippen molar-refractivity contribution < 1.29 is 9.59 Å². The molecule has 40 heavy (non-hydrogen) atoms. The summed E-state index contributed by atoms with van der Waals surface area (Å²) >= 11 is 0. The van der Waals surface area contributed by atoms with Crippen LogP contribution in [0.3, 0.4) is 0 Å². The zero-order valence-corrected chi connectivity index (χ0v) is 21.4. The molecule has 0 heterocycles. The first-order valence-electron chi connectivity index (χ1n) is 13.6. The molecule has 0 aliphatic heterocycles. The average Bonchev–Trinajstić information content (AvgIpc) is 3.00. The molecule has 1 aliphatic carbocycles. The fourth-order valence-electron chi connectivity index (χ4n) is 6.92. The first kappa shape index (κ1) is 21.6. The lowest BCUT2D eigenvalue weighted by molar-refractivity contribution is 0.0876. The smallest absolute Gasteiger partial charge is 0.252 e. The number of carbonyl (C=O) groups is 2. The quantitative estimate of drug-likeness (QED) is 0.187. The van der Waals surface area contributed by atoms with Gasteiger partial charge in [-0.1, -0.05) is 78.9 Å². The molecular weight excluding hydrogens is 490 g/mol. The number of fused-ring (bicyclic) bond motifs is 4. The molecular formula is C37H21NO2. The van der Waals surface area contributed by atoms with Crippen molar-refractivity contribution in [2.75, 3.05) is 0 Å². The van der Waals surface area contributed by atoms with Gasteiger partial charge in [0.05, 0.1) is 0 Å². The van der Waals surface area contributed by atoms with Gasteiger partial charge >= 0.3 is 0 Å². The van der Waals surface area contributed by atoms with Crippen LogP contribution in [0, 0.1) is 0 Å². The van der Waals surface area contributed by atoms with Crippen LogP contribution >= 0.6 is 0 Å². The third kappa shape index (κ3) is 2.79. The highest BCUT2D eigenvalue weighted by atomic mass is 16.2. The Morgan fingerprint density at radius 1 is 0.575 bits per heavy atom. The van der Waals surface area contributed by atoms with E-state index in [0.717, 1.165) is 16.3 Å². The van der Waals surface area contributed by atoms with Gasteiger partial charge in [-0.3, -0.25) is 9.59 Å². The number of rotatable bonds is 2. The summed E-state index contributed by atoms with van der Waals surface area (Å²) in [5.74, 6) is -0.342. The molecule has 3 nitrogen and oxygen atoms in total. The van der Waals surface area contributed by atoms with Crippen molar-refractivity contribution in [3.8, 4) is 0 Å². The summed E-state index contributed by atoms with van der Waals surface area (Å²) in [6.07, 6.45) is 3.83. The number of amides is 1. The molecule has 0 fully saturated rings. The molecule has 8 aromatic rings. The van der Waals surface area contributed by atoms with E-state index in [1.165, 1.54) is 53.9 Å². The van der Waals surface area contributed by atoms with Gasteiger partial charge in [0.25, 0.3) is 5.91 Å². The minimum Gasteiger partial charge on any atom is -0.338 e. The van der Waals surface area contributed by atoms with E-state index in [0.29, 0.717) is 11.1 Å². The molecule has 9 rings (SSSR count). The molecule has 1 amide bonds. The normalized spacial score (nSPS) is 15.3. The zero-order valence-electron chi connectivity index (χ0n) is 21.4. The van der Waals surface area contributed by atoms with E-state index in [1.54, 1.807) is 12.1 Å². The Kier molecular flexibility index (Phi) is 4.13. The van der Waals surface area contributed by atoms with Gasteiger partial charge in [0.2, 0.25) is 0 Å². The maximum atomic E-state index is 13.7. The van der Waals surface area contributed by atoms with E-state index >= 15 is 0 Å². The Morgan fingerprint density at radius 2 is 1.20 bits per heavy atom. The largest absolute Gasteiger partial charge is 0.338 e. The number of benzene rings is 8. The van der Waals surface area contributed by atoms with Gasteiger partial charge < -0.3 is 5.32 Å². The standard InChI is InChI=1S/C37H21NO2/c39-36-30-19-23-11-13-24-17-28-26-9-5-4-8-21(26)16-22-10-12-25-18-29(33(23)35(24)34(25)32(22)28)27(30)14-15-31(36)38-37(40)20-6-2-1-3-7-20/h1-19,31H,(H,38,40). The molecule has 3 heteroatoms. The SMILES string of the molecule is O=C(NC1C=Cc2c(cc3ccc4cc5c6ccccc6cc6ccc7cc2c3c4c7c65)C1=O)c1ccccc1.